The van der Waals surface area contributed by atoms with Crippen LogP contribution in [-0.4, -0.2) is 82.6 Å². The zero-order valence-electron chi connectivity index (χ0n) is 22.9. The second-order valence-corrected chi connectivity index (χ2v) is 10.2. The maximum Gasteiger partial charge on any atom is 0.330 e. The third-order valence-corrected chi connectivity index (χ3v) is 7.23. The number of ether oxygens (including phenoxy) is 1. The molecule has 2 aromatic heterocycles. The Morgan fingerprint density at radius 2 is 1.98 bits per heavy atom. The van der Waals surface area contributed by atoms with Gasteiger partial charge in [0.25, 0.3) is 0 Å². The van der Waals surface area contributed by atoms with Gasteiger partial charge >= 0.3 is 6.03 Å². The lowest BCUT2D eigenvalue weighted by Gasteiger charge is -2.36. The Labute approximate surface area is 238 Å². The highest BCUT2D eigenvalue weighted by Crippen LogP contribution is 2.39. The van der Waals surface area contributed by atoms with Crippen LogP contribution < -0.4 is 25.6 Å². The van der Waals surface area contributed by atoms with Crippen LogP contribution in [0.15, 0.2) is 60.9 Å². The summed E-state index contributed by atoms with van der Waals surface area (Å²) in [6.07, 6.45) is 8.79. The summed E-state index contributed by atoms with van der Waals surface area (Å²) in [7, 11) is 1.56. The maximum absolute atomic E-state index is 13.8. The van der Waals surface area contributed by atoms with E-state index in [1.165, 1.54) is 0 Å². The molecule has 4 heterocycles. The molecule has 0 spiro atoms. The predicted octanol–water partition coefficient (Wildman–Crippen LogP) is 3.26. The molecule has 12 heteroatoms. The number of urea groups is 1. The molecule has 0 atom stereocenters. The van der Waals surface area contributed by atoms with Gasteiger partial charge in [-0.25, -0.2) is 19.7 Å². The zero-order valence-corrected chi connectivity index (χ0v) is 22.9. The number of carbonyl (C=O) groups excluding carboxylic acids is 2. The van der Waals surface area contributed by atoms with Gasteiger partial charge in [-0.3, -0.25) is 9.69 Å². The molecule has 212 valence electrons. The van der Waals surface area contributed by atoms with Crippen LogP contribution >= 0.6 is 0 Å². The van der Waals surface area contributed by atoms with Crippen LogP contribution in [0.1, 0.15) is 18.4 Å². The number of benzene rings is 1. The molecule has 1 saturated heterocycles. The van der Waals surface area contributed by atoms with Crippen LogP contribution in [-0.2, 0) is 11.3 Å². The molecule has 0 bridgehead atoms. The lowest BCUT2D eigenvalue weighted by Crippen LogP contribution is -2.46. The molecule has 3 aromatic rings. The van der Waals surface area contributed by atoms with E-state index < -0.39 is 0 Å². The second kappa shape index (κ2) is 11.9. The Hall–Kier alpha value is -4.55. The highest BCUT2D eigenvalue weighted by Gasteiger charge is 2.41. The SMILES string of the molecule is COc1ccc(Nc2ncc3c(n2)N(c2cccc(NC(=O)/C=C/CN4CCNCC4)c2)C(=O)N(C2CC2)C3)cn1. The monoisotopic (exact) mass is 555 g/mol. The fourth-order valence-corrected chi connectivity index (χ4v) is 4.95. The minimum absolute atomic E-state index is 0.143. The molecular formula is C29H33N9O3. The third-order valence-electron chi connectivity index (χ3n) is 7.23. The fraction of sp³-hybridized carbons (Fsp3) is 0.345. The van der Waals surface area contributed by atoms with E-state index in [1.807, 2.05) is 35.2 Å². The number of nitrogens with one attached hydrogen (secondary N) is 3. The summed E-state index contributed by atoms with van der Waals surface area (Å²) in [6, 6.07) is 10.9. The average Bonchev–Trinajstić information content (AvgIpc) is 3.84. The molecule has 3 aliphatic rings. The number of pyridine rings is 1. The Kier molecular flexibility index (Phi) is 7.74. The molecular weight excluding hydrogens is 522 g/mol. The van der Waals surface area contributed by atoms with Crippen LogP contribution in [0.3, 0.4) is 0 Å². The number of hydrogen-bond acceptors (Lipinski definition) is 9. The number of anilines is 5. The Morgan fingerprint density at radius 1 is 1.12 bits per heavy atom. The van der Waals surface area contributed by atoms with Crippen molar-refractivity contribution in [3.8, 4) is 5.88 Å². The van der Waals surface area contributed by atoms with Crippen LogP contribution in [0.5, 0.6) is 5.88 Å². The van der Waals surface area contributed by atoms with Crippen molar-refractivity contribution in [2.75, 3.05) is 55.4 Å². The lowest BCUT2D eigenvalue weighted by atomic mass is 10.1. The molecule has 1 saturated carbocycles. The van der Waals surface area contributed by atoms with Gasteiger partial charge in [0.05, 0.1) is 31.2 Å². The van der Waals surface area contributed by atoms with Crippen molar-refractivity contribution >= 4 is 40.8 Å². The summed E-state index contributed by atoms with van der Waals surface area (Å²) in [4.78, 5) is 45.6. The van der Waals surface area contributed by atoms with Gasteiger partial charge in [-0.15, -0.1) is 0 Å². The molecule has 1 aromatic carbocycles. The summed E-state index contributed by atoms with van der Waals surface area (Å²) in [5, 5.41) is 9.41. The van der Waals surface area contributed by atoms with Crippen molar-refractivity contribution in [3.63, 3.8) is 0 Å². The number of rotatable bonds is 9. The summed E-state index contributed by atoms with van der Waals surface area (Å²) in [6.45, 7) is 5.04. The van der Waals surface area contributed by atoms with Crippen molar-refractivity contribution < 1.29 is 14.3 Å². The van der Waals surface area contributed by atoms with Crippen LogP contribution in [0.2, 0.25) is 0 Å². The number of nitrogens with zero attached hydrogens (tertiary/aromatic N) is 6. The average molecular weight is 556 g/mol. The number of piperazine rings is 1. The van der Waals surface area contributed by atoms with E-state index in [4.69, 9.17) is 9.72 Å². The van der Waals surface area contributed by atoms with Gasteiger partial charge in [0.1, 0.15) is 0 Å². The number of fused-ring (bicyclic) bond motifs is 1. The van der Waals surface area contributed by atoms with Gasteiger partial charge in [-0.1, -0.05) is 12.1 Å². The van der Waals surface area contributed by atoms with Crippen molar-refractivity contribution in [1.82, 2.24) is 30.1 Å². The molecule has 2 aliphatic heterocycles. The first-order valence-corrected chi connectivity index (χ1v) is 13.8. The van der Waals surface area contributed by atoms with Crippen LogP contribution in [0, 0.1) is 0 Å². The first-order chi connectivity index (χ1) is 20.1. The summed E-state index contributed by atoms with van der Waals surface area (Å²) in [5.41, 5.74) is 2.74. The van der Waals surface area contributed by atoms with E-state index in [0.29, 0.717) is 41.3 Å². The van der Waals surface area contributed by atoms with Gasteiger partial charge in [0.15, 0.2) is 5.82 Å². The van der Waals surface area contributed by atoms with Crippen molar-refractivity contribution in [2.24, 2.45) is 0 Å². The highest BCUT2D eigenvalue weighted by atomic mass is 16.5. The van der Waals surface area contributed by atoms with Gasteiger partial charge < -0.3 is 25.6 Å². The Balaban J connectivity index is 1.22. The number of aromatic nitrogens is 3. The van der Waals surface area contributed by atoms with Gasteiger partial charge in [0.2, 0.25) is 17.7 Å². The quantitative estimate of drug-likeness (QED) is 0.341. The van der Waals surface area contributed by atoms with Crippen molar-refractivity contribution in [1.29, 1.82) is 0 Å². The summed E-state index contributed by atoms with van der Waals surface area (Å²) >= 11 is 0. The van der Waals surface area contributed by atoms with Crippen LogP contribution in [0.4, 0.5) is 33.6 Å². The largest absolute Gasteiger partial charge is 0.481 e. The third kappa shape index (κ3) is 6.28. The summed E-state index contributed by atoms with van der Waals surface area (Å²) < 4.78 is 5.13. The maximum atomic E-state index is 13.8. The molecule has 0 radical (unpaired) electrons. The van der Waals surface area contributed by atoms with E-state index in [0.717, 1.165) is 51.1 Å². The van der Waals surface area contributed by atoms with E-state index in [9.17, 15) is 9.59 Å². The molecule has 1 aliphatic carbocycles. The number of hydrogen-bond donors (Lipinski definition) is 3. The topological polar surface area (TPSA) is 128 Å². The standard InChI is InChI=1S/C29H33N9O3/c1-41-26-10-7-22(18-31-26)34-28-32-17-20-19-37(23-8-9-23)29(40)38(27(20)35-28)24-5-2-4-21(16-24)33-25(39)6-3-13-36-14-11-30-12-15-36/h2-7,10,16-18,23,30H,8-9,11-15,19H2,1H3,(H,33,39)(H,32,34,35)/b6-3+. The van der Waals surface area contributed by atoms with E-state index in [-0.39, 0.29) is 18.0 Å². The van der Waals surface area contributed by atoms with Gasteiger partial charge in [0, 0.05) is 68.4 Å². The zero-order chi connectivity index (χ0) is 28.2. The molecule has 12 nitrogen and oxygen atoms in total. The van der Waals surface area contributed by atoms with E-state index in [2.05, 4.69) is 30.8 Å². The van der Waals surface area contributed by atoms with Crippen molar-refractivity contribution in [3.05, 3.63) is 66.5 Å². The molecule has 6 rings (SSSR count). The highest BCUT2D eigenvalue weighted by molar-refractivity contribution is 6.03. The Morgan fingerprint density at radius 3 is 2.73 bits per heavy atom. The Bertz CT molecular complexity index is 1440. The normalized spacial score (nSPS) is 17.4. The number of methoxy groups -OCH3 is 1. The first-order valence-electron chi connectivity index (χ1n) is 13.8. The second-order valence-electron chi connectivity index (χ2n) is 10.2. The lowest BCUT2D eigenvalue weighted by molar-refractivity contribution is -0.111. The number of carbonyl (C=O) groups is 2. The van der Waals surface area contributed by atoms with Gasteiger partial charge in [-0.05, 0) is 37.1 Å². The van der Waals surface area contributed by atoms with Crippen molar-refractivity contribution in [2.45, 2.75) is 25.4 Å². The molecule has 3 amide bonds. The predicted molar refractivity (Wildman–Crippen MR) is 156 cm³/mol. The van der Waals surface area contributed by atoms with E-state index >= 15 is 0 Å². The molecule has 3 N–H and O–H groups in total. The minimum Gasteiger partial charge on any atom is -0.481 e. The number of amides is 3. The molecule has 0 unspecified atom stereocenters. The minimum atomic E-state index is -0.218. The fourth-order valence-electron chi connectivity index (χ4n) is 4.95. The smallest absolute Gasteiger partial charge is 0.330 e. The first kappa shape index (κ1) is 26.7. The van der Waals surface area contributed by atoms with Gasteiger partial charge in [-0.2, -0.15) is 4.98 Å². The molecule has 2 fully saturated rings. The molecule has 41 heavy (non-hydrogen) atoms. The van der Waals surface area contributed by atoms with E-state index in [1.54, 1.807) is 42.6 Å². The van der Waals surface area contributed by atoms with Crippen LogP contribution in [0.25, 0.3) is 0 Å². The summed E-state index contributed by atoms with van der Waals surface area (Å²) in [5.74, 6) is 1.13.